The monoisotopic (exact) mass is 808 g/mol. The summed E-state index contributed by atoms with van der Waals surface area (Å²) in [6, 6.07) is 18.3. The van der Waals surface area contributed by atoms with Crippen LogP contribution < -0.4 is 22.1 Å². The number of hydrogen-bond donors (Lipinski definition) is 5. The SMILES string of the molecule is Cc1cc(-c2cc(Cl)c3c(c2)CNC(=O)[C@H](Cc2c(C)[nH]c4ccccc24)N(C)C(=O)[C@H](CCCCN)CC(=O)[C@H](CCCN)NCc2cccnc2S3)ccn1. The second kappa shape index (κ2) is 19.7. The van der Waals surface area contributed by atoms with Gasteiger partial charge in [-0.2, -0.15) is 0 Å². The van der Waals surface area contributed by atoms with Crippen molar-refractivity contribution in [3.63, 3.8) is 0 Å². The van der Waals surface area contributed by atoms with Gasteiger partial charge in [-0.3, -0.25) is 19.4 Å². The van der Waals surface area contributed by atoms with E-state index in [0.29, 0.717) is 50.3 Å². The van der Waals surface area contributed by atoms with E-state index in [4.69, 9.17) is 28.1 Å². The van der Waals surface area contributed by atoms with Crippen molar-refractivity contribution in [2.75, 3.05) is 20.1 Å². The lowest BCUT2D eigenvalue weighted by Crippen LogP contribution is -2.51. The standard InChI is InChI=1S/C44H53ClN8O3S/c1-27-20-29(15-19-48-27)32-21-33-26-51-42(55)39(24-35-28(2)52-37-13-5-4-12-34(35)37)53(3)44(56)30(10-6-7-16-46)23-40(54)38(14-8-17-47)50-25-31-11-9-18-49-43(31)57-41(33)36(45)22-32/h4-5,9,11-13,15,18-22,30,38-39,50,52H,6-8,10,14,16-17,23-26,46-47H2,1-3H3,(H,51,55)/t30-,38+,39+/m1/s1. The van der Waals surface area contributed by atoms with Gasteiger partial charge in [-0.05, 0) is 117 Å². The molecule has 0 saturated heterocycles. The average Bonchev–Trinajstić information content (AvgIpc) is 3.53. The predicted octanol–water partition coefficient (Wildman–Crippen LogP) is 6.65. The van der Waals surface area contributed by atoms with Crippen LogP contribution in [0, 0.1) is 19.8 Å². The second-order valence-corrected chi connectivity index (χ2v) is 16.3. The highest BCUT2D eigenvalue weighted by atomic mass is 35.5. The largest absolute Gasteiger partial charge is 0.358 e. The van der Waals surface area contributed by atoms with Gasteiger partial charge in [0.15, 0.2) is 5.78 Å². The minimum atomic E-state index is -0.885. The van der Waals surface area contributed by atoms with Crippen molar-refractivity contribution in [3.8, 4) is 11.1 Å². The molecule has 2 amide bonds. The van der Waals surface area contributed by atoms with Crippen molar-refractivity contribution < 1.29 is 14.4 Å². The smallest absolute Gasteiger partial charge is 0.243 e. The number of halogens is 1. The topological polar surface area (TPSA) is 172 Å². The van der Waals surface area contributed by atoms with Crippen molar-refractivity contribution in [1.29, 1.82) is 0 Å². The Morgan fingerprint density at radius 3 is 2.47 bits per heavy atom. The van der Waals surface area contributed by atoms with Crippen molar-refractivity contribution in [3.05, 3.63) is 106 Å². The van der Waals surface area contributed by atoms with E-state index in [0.717, 1.165) is 66.5 Å². The maximum absolute atomic E-state index is 14.7. The highest BCUT2D eigenvalue weighted by Crippen LogP contribution is 2.40. The fraction of sp³-hybridized carbons (Fsp3) is 0.386. The van der Waals surface area contributed by atoms with Crippen LogP contribution in [0.25, 0.3) is 22.0 Å². The summed E-state index contributed by atoms with van der Waals surface area (Å²) in [5.41, 5.74) is 19.0. The summed E-state index contributed by atoms with van der Waals surface area (Å²) >= 11 is 8.58. The highest BCUT2D eigenvalue weighted by Gasteiger charge is 2.35. The van der Waals surface area contributed by atoms with Gasteiger partial charge in [-0.25, -0.2) is 4.98 Å². The minimum absolute atomic E-state index is 0.0311. The molecule has 5 aromatic rings. The van der Waals surface area contributed by atoms with Crippen LogP contribution in [0.3, 0.4) is 0 Å². The molecular weight excluding hydrogens is 756 g/mol. The molecule has 57 heavy (non-hydrogen) atoms. The van der Waals surface area contributed by atoms with E-state index in [1.165, 1.54) is 11.8 Å². The first-order chi connectivity index (χ1) is 27.6. The van der Waals surface area contributed by atoms with Crippen LogP contribution in [0.2, 0.25) is 5.02 Å². The molecule has 0 saturated carbocycles. The van der Waals surface area contributed by atoms with Gasteiger partial charge in [0, 0.05) is 78.5 Å². The van der Waals surface area contributed by atoms with Crippen LogP contribution in [0.1, 0.15) is 66.6 Å². The number of para-hydroxylation sites is 1. The molecule has 1 aliphatic rings. The molecule has 0 unspecified atom stereocenters. The molecule has 13 heteroatoms. The van der Waals surface area contributed by atoms with Gasteiger partial charge >= 0.3 is 0 Å². The molecule has 0 radical (unpaired) electrons. The van der Waals surface area contributed by atoms with E-state index in [-0.39, 0.29) is 37.0 Å². The van der Waals surface area contributed by atoms with E-state index in [2.05, 4.69) is 20.6 Å². The Morgan fingerprint density at radius 2 is 1.68 bits per heavy atom. The maximum Gasteiger partial charge on any atom is 0.243 e. The summed E-state index contributed by atoms with van der Waals surface area (Å²) in [6.07, 6.45) is 6.84. The number of aryl methyl sites for hydroxylation is 2. The number of nitrogens with two attached hydrogens (primary N) is 2. The summed E-state index contributed by atoms with van der Waals surface area (Å²) in [5, 5.41) is 8.93. The molecule has 300 valence electrons. The molecule has 7 N–H and O–H groups in total. The van der Waals surface area contributed by atoms with Crippen LogP contribution >= 0.6 is 23.4 Å². The van der Waals surface area contributed by atoms with E-state index in [1.807, 2.05) is 74.5 Å². The Labute approximate surface area is 344 Å². The van der Waals surface area contributed by atoms with Crippen LogP contribution in [-0.4, -0.2) is 69.7 Å². The second-order valence-electron chi connectivity index (χ2n) is 14.9. The Morgan fingerprint density at radius 1 is 0.877 bits per heavy atom. The summed E-state index contributed by atoms with van der Waals surface area (Å²) in [5.74, 6) is -1.26. The third-order valence-corrected chi connectivity index (χ3v) is 12.5. The summed E-state index contributed by atoms with van der Waals surface area (Å²) in [6.45, 7) is 5.35. The minimum Gasteiger partial charge on any atom is -0.358 e. The molecule has 2 aromatic carbocycles. The zero-order valence-electron chi connectivity index (χ0n) is 32.9. The number of nitrogens with zero attached hydrogens (tertiary/aromatic N) is 3. The number of likely N-dealkylation sites (N-methyl/N-ethyl adjacent to an activating group) is 1. The number of aromatic nitrogens is 3. The number of carbonyl (C=O) groups is 3. The number of aromatic amines is 1. The number of fused-ring (bicyclic) bond motifs is 3. The molecule has 0 bridgehead atoms. The first-order valence-corrected chi connectivity index (χ1v) is 20.9. The molecule has 0 fully saturated rings. The molecule has 3 atom stereocenters. The number of benzene rings is 2. The lowest BCUT2D eigenvalue weighted by atomic mass is 9.90. The van der Waals surface area contributed by atoms with Crippen LogP contribution in [0.5, 0.6) is 0 Å². The number of pyridine rings is 2. The third kappa shape index (κ3) is 10.3. The fourth-order valence-corrected chi connectivity index (χ4v) is 8.99. The van der Waals surface area contributed by atoms with Gasteiger partial charge in [0.2, 0.25) is 11.8 Å². The number of ketones is 1. The third-order valence-electron chi connectivity index (χ3n) is 10.8. The molecule has 0 aliphatic carbocycles. The number of Topliss-reactive ketones (excluding diaryl/α,β-unsaturated/α-hetero) is 1. The number of amides is 2. The lowest BCUT2D eigenvalue weighted by Gasteiger charge is -2.31. The van der Waals surface area contributed by atoms with Gasteiger partial charge in [-0.1, -0.05) is 54.0 Å². The van der Waals surface area contributed by atoms with Crippen LogP contribution in [0.4, 0.5) is 0 Å². The van der Waals surface area contributed by atoms with Crippen LogP contribution in [-0.2, 0) is 33.9 Å². The van der Waals surface area contributed by atoms with E-state index in [9.17, 15) is 14.4 Å². The van der Waals surface area contributed by atoms with Crippen molar-refractivity contribution in [2.45, 2.75) is 93.9 Å². The Hall–Kier alpha value is -4.59. The highest BCUT2D eigenvalue weighted by molar-refractivity contribution is 7.99. The first kappa shape index (κ1) is 42.0. The summed E-state index contributed by atoms with van der Waals surface area (Å²) in [4.78, 5) is 58.5. The van der Waals surface area contributed by atoms with Gasteiger partial charge in [0.25, 0.3) is 0 Å². The quantitative estimate of drug-likeness (QED) is 0.0970. The number of hydrogen-bond acceptors (Lipinski definition) is 9. The number of unbranched alkanes of at least 4 members (excludes halogenated alkanes) is 1. The van der Waals surface area contributed by atoms with Crippen molar-refractivity contribution in [1.82, 2.24) is 30.5 Å². The number of rotatable bonds is 10. The molecule has 11 nitrogen and oxygen atoms in total. The number of nitrogens with one attached hydrogen (secondary N) is 3. The molecular formula is C44H53ClN8O3S. The van der Waals surface area contributed by atoms with Gasteiger partial charge in [0.1, 0.15) is 11.1 Å². The Kier molecular flexibility index (Phi) is 14.5. The number of carbonyl (C=O) groups excluding carboxylic acids is 3. The zero-order valence-corrected chi connectivity index (χ0v) is 34.5. The van der Waals surface area contributed by atoms with Crippen molar-refractivity contribution >= 4 is 51.9 Å². The summed E-state index contributed by atoms with van der Waals surface area (Å²) < 4.78 is 0. The number of H-pyrrole nitrogens is 1. The maximum atomic E-state index is 14.7. The van der Waals surface area contributed by atoms with E-state index >= 15 is 0 Å². The normalized spacial score (nSPS) is 18.6. The van der Waals surface area contributed by atoms with E-state index < -0.39 is 18.0 Å². The van der Waals surface area contributed by atoms with Gasteiger partial charge in [-0.15, -0.1) is 0 Å². The molecule has 0 spiro atoms. The van der Waals surface area contributed by atoms with E-state index in [1.54, 1.807) is 24.3 Å². The molecule has 6 rings (SSSR count). The summed E-state index contributed by atoms with van der Waals surface area (Å²) in [7, 11) is 1.68. The Balaban J connectivity index is 1.46. The average molecular weight is 809 g/mol. The van der Waals surface area contributed by atoms with Crippen molar-refractivity contribution in [2.24, 2.45) is 17.4 Å². The Bertz CT molecular complexity index is 2210. The van der Waals surface area contributed by atoms with Crippen LogP contribution in [0.15, 0.2) is 83.0 Å². The molecule has 1 aliphatic heterocycles. The lowest BCUT2D eigenvalue weighted by molar-refractivity contribution is -0.143. The predicted molar refractivity (Wildman–Crippen MR) is 228 cm³/mol. The van der Waals surface area contributed by atoms with Gasteiger partial charge in [0.05, 0.1) is 11.1 Å². The molecule has 4 heterocycles. The first-order valence-electron chi connectivity index (χ1n) is 19.7. The van der Waals surface area contributed by atoms with Gasteiger partial charge < -0.3 is 32.0 Å². The fourth-order valence-electron chi connectivity index (χ4n) is 7.64. The zero-order chi connectivity index (χ0) is 40.5. The molecule has 3 aromatic heterocycles.